The van der Waals surface area contributed by atoms with E-state index in [1.807, 2.05) is 78.3 Å². The number of imidazole rings is 1. The summed E-state index contributed by atoms with van der Waals surface area (Å²) in [5.74, 6) is 0. The van der Waals surface area contributed by atoms with E-state index >= 15 is 0 Å². The van der Waals surface area contributed by atoms with Crippen molar-refractivity contribution in [3.8, 4) is 5.69 Å². The lowest BCUT2D eigenvalue weighted by Crippen LogP contribution is -2.27. The Hall–Kier alpha value is -4.51. The molecule has 37 heavy (non-hydrogen) atoms. The fraction of sp³-hybridized carbons (Fsp3) is 0.154. The summed E-state index contributed by atoms with van der Waals surface area (Å²) < 4.78 is 30.4. The molecule has 1 atom stereocenters. The van der Waals surface area contributed by atoms with Gasteiger partial charge in [0, 0.05) is 56.4 Å². The van der Waals surface area contributed by atoms with Gasteiger partial charge in [0.05, 0.1) is 27.9 Å². The van der Waals surface area contributed by atoms with Gasteiger partial charge in [-0.15, -0.1) is 0 Å². The summed E-state index contributed by atoms with van der Waals surface area (Å²) in [4.78, 5) is 16.5. The second kappa shape index (κ2) is 9.51. The van der Waals surface area contributed by atoms with Gasteiger partial charge in [-0.05, 0) is 47.5 Å². The maximum absolute atomic E-state index is 13.7. The Bertz CT molecular complexity index is 1550. The first-order valence-corrected chi connectivity index (χ1v) is 12.9. The van der Waals surface area contributed by atoms with Crippen LogP contribution >= 0.6 is 0 Å². The highest BCUT2D eigenvalue weighted by atomic mass is 32.2. The van der Waals surface area contributed by atoms with E-state index in [4.69, 9.17) is 0 Å². The molecule has 0 N–H and O–H groups in total. The van der Waals surface area contributed by atoms with Crippen LogP contribution in [0.15, 0.2) is 102 Å². The minimum Gasteiger partial charge on any atom is -0.378 e. The van der Waals surface area contributed by atoms with Crippen LogP contribution in [-0.4, -0.2) is 47.1 Å². The zero-order chi connectivity index (χ0) is 26.2. The molecule has 4 aromatic rings. The Balaban J connectivity index is 1.53. The number of hydrogen-bond acceptors (Lipinski definition) is 7. The lowest BCUT2D eigenvalue weighted by molar-refractivity contribution is -0.384. The number of aromatic nitrogens is 2. The third kappa shape index (κ3) is 4.68. The molecule has 1 unspecified atom stereocenters. The predicted molar refractivity (Wildman–Crippen MR) is 140 cm³/mol. The zero-order valence-electron chi connectivity index (χ0n) is 20.2. The van der Waals surface area contributed by atoms with Crippen molar-refractivity contribution in [3.05, 3.63) is 113 Å². The van der Waals surface area contributed by atoms with Gasteiger partial charge in [0.1, 0.15) is 0 Å². The first-order chi connectivity index (χ1) is 17.7. The molecule has 0 aliphatic carbocycles. The van der Waals surface area contributed by atoms with Crippen LogP contribution in [-0.2, 0) is 10.0 Å². The number of anilines is 1. The van der Waals surface area contributed by atoms with Crippen molar-refractivity contribution < 1.29 is 13.3 Å². The van der Waals surface area contributed by atoms with Gasteiger partial charge in [0.15, 0.2) is 0 Å². The van der Waals surface area contributed by atoms with E-state index in [9.17, 15) is 18.5 Å². The number of non-ortho nitro benzene ring substituents is 1. The predicted octanol–water partition coefficient (Wildman–Crippen LogP) is 4.39. The van der Waals surface area contributed by atoms with Crippen LogP contribution in [0.2, 0.25) is 0 Å². The third-order valence-electron chi connectivity index (χ3n) is 6.26. The molecule has 11 heteroatoms. The molecule has 0 radical (unpaired) electrons. The monoisotopic (exact) mass is 516 g/mol. The van der Waals surface area contributed by atoms with Gasteiger partial charge in [0.2, 0.25) is 0 Å². The van der Waals surface area contributed by atoms with Gasteiger partial charge in [-0.2, -0.15) is 17.9 Å². The summed E-state index contributed by atoms with van der Waals surface area (Å²) in [6.07, 6.45) is 5.61. The Labute approximate surface area is 214 Å². The van der Waals surface area contributed by atoms with Gasteiger partial charge in [0.25, 0.3) is 15.7 Å². The number of nitro groups is 1. The Morgan fingerprint density at radius 2 is 1.65 bits per heavy atom. The van der Waals surface area contributed by atoms with E-state index in [2.05, 4.69) is 10.1 Å². The van der Waals surface area contributed by atoms with Crippen molar-refractivity contribution >= 4 is 27.1 Å². The maximum atomic E-state index is 13.7. The second-order valence-corrected chi connectivity index (χ2v) is 10.6. The molecule has 188 valence electrons. The minimum atomic E-state index is -4.09. The summed E-state index contributed by atoms with van der Waals surface area (Å²) in [5, 5.41) is 15.6. The van der Waals surface area contributed by atoms with E-state index in [1.165, 1.54) is 24.3 Å². The molecule has 0 spiro atoms. The van der Waals surface area contributed by atoms with Crippen LogP contribution in [0.4, 0.5) is 11.4 Å². The van der Waals surface area contributed by atoms with Gasteiger partial charge in [-0.1, -0.05) is 24.3 Å². The topological polar surface area (TPSA) is 114 Å². The molecule has 0 saturated heterocycles. The van der Waals surface area contributed by atoms with Crippen LogP contribution in [0.1, 0.15) is 23.6 Å². The summed E-state index contributed by atoms with van der Waals surface area (Å²) in [6, 6.07) is 19.6. The van der Waals surface area contributed by atoms with Crippen molar-refractivity contribution in [2.75, 3.05) is 19.0 Å². The van der Waals surface area contributed by atoms with Crippen molar-refractivity contribution in [2.24, 2.45) is 5.10 Å². The Morgan fingerprint density at radius 3 is 2.22 bits per heavy atom. The third-order valence-corrected chi connectivity index (χ3v) is 7.96. The quantitative estimate of drug-likeness (QED) is 0.266. The lowest BCUT2D eigenvalue weighted by atomic mass is 9.99. The summed E-state index contributed by atoms with van der Waals surface area (Å²) in [7, 11) is -0.219. The molecule has 1 aromatic heterocycles. The fourth-order valence-electron chi connectivity index (χ4n) is 4.21. The number of benzene rings is 3. The molecule has 1 aliphatic rings. The van der Waals surface area contributed by atoms with Gasteiger partial charge in [-0.3, -0.25) is 10.1 Å². The molecule has 1 aliphatic heterocycles. The van der Waals surface area contributed by atoms with Crippen LogP contribution < -0.4 is 4.90 Å². The molecule has 3 aromatic carbocycles. The molecule has 10 nitrogen and oxygen atoms in total. The maximum Gasteiger partial charge on any atom is 0.279 e. The Morgan fingerprint density at radius 1 is 0.973 bits per heavy atom. The standard InChI is InChI=1S/C26H24N6O4S/c1-29(2)21-7-5-20(6-8-21)26-17-25(19-3-9-22(10-4-19)30-16-15-27-18-30)28-31(26)37(35,36)24-13-11-23(12-14-24)32(33)34/h3-16,18,26H,17H2,1-2H3. The fourth-order valence-corrected chi connectivity index (χ4v) is 5.65. The summed E-state index contributed by atoms with van der Waals surface area (Å²) in [6.45, 7) is 0. The van der Waals surface area contributed by atoms with Crippen molar-refractivity contribution in [1.29, 1.82) is 0 Å². The highest BCUT2D eigenvalue weighted by Crippen LogP contribution is 2.38. The first kappa shape index (κ1) is 24.2. The molecule has 0 saturated carbocycles. The number of nitrogens with zero attached hydrogens (tertiary/aromatic N) is 6. The van der Waals surface area contributed by atoms with E-state index in [0.717, 1.165) is 26.9 Å². The highest BCUT2D eigenvalue weighted by molar-refractivity contribution is 7.89. The van der Waals surface area contributed by atoms with Gasteiger partial charge >= 0.3 is 0 Å². The van der Waals surface area contributed by atoms with Crippen molar-refractivity contribution in [3.63, 3.8) is 0 Å². The van der Waals surface area contributed by atoms with E-state index in [1.54, 1.807) is 12.5 Å². The van der Waals surface area contributed by atoms with Crippen LogP contribution in [0.5, 0.6) is 0 Å². The van der Waals surface area contributed by atoms with Crippen molar-refractivity contribution in [2.45, 2.75) is 17.4 Å². The summed E-state index contributed by atoms with van der Waals surface area (Å²) in [5.41, 5.74) is 3.96. The van der Waals surface area contributed by atoms with Gasteiger partial charge < -0.3 is 9.47 Å². The average Bonchev–Trinajstić information content (AvgIpc) is 3.60. The highest BCUT2D eigenvalue weighted by Gasteiger charge is 2.38. The zero-order valence-corrected chi connectivity index (χ0v) is 21.0. The number of rotatable bonds is 7. The van der Waals surface area contributed by atoms with Crippen LogP contribution in [0, 0.1) is 10.1 Å². The van der Waals surface area contributed by atoms with E-state index in [0.29, 0.717) is 12.1 Å². The minimum absolute atomic E-state index is 0.0616. The first-order valence-electron chi connectivity index (χ1n) is 11.5. The second-order valence-electron chi connectivity index (χ2n) is 8.80. The number of nitro benzene ring substituents is 1. The molecule has 2 heterocycles. The molecule has 0 fully saturated rings. The Kier molecular flexibility index (Phi) is 6.22. The van der Waals surface area contributed by atoms with Crippen LogP contribution in [0.3, 0.4) is 0 Å². The van der Waals surface area contributed by atoms with E-state index < -0.39 is 21.0 Å². The SMILES string of the molecule is CN(C)c1ccc(C2CC(c3ccc(-n4ccnc4)cc3)=NN2S(=O)(=O)c2ccc([N+](=O)[O-])cc2)cc1. The lowest BCUT2D eigenvalue weighted by Gasteiger charge is -2.24. The smallest absolute Gasteiger partial charge is 0.279 e. The number of hydrogen-bond donors (Lipinski definition) is 0. The molecule has 5 rings (SSSR count). The van der Waals surface area contributed by atoms with Crippen molar-refractivity contribution in [1.82, 2.24) is 14.0 Å². The average molecular weight is 517 g/mol. The number of sulfonamides is 1. The number of hydrazone groups is 1. The van der Waals surface area contributed by atoms with Gasteiger partial charge in [-0.25, -0.2) is 4.98 Å². The molecular formula is C26H24N6O4S. The largest absolute Gasteiger partial charge is 0.378 e. The van der Waals surface area contributed by atoms with Crippen LogP contribution in [0.25, 0.3) is 5.69 Å². The van der Waals surface area contributed by atoms with E-state index in [-0.39, 0.29) is 10.6 Å². The normalized spacial score (nSPS) is 15.5. The molecule has 0 amide bonds. The molecule has 0 bridgehead atoms. The molecular weight excluding hydrogens is 492 g/mol. The summed E-state index contributed by atoms with van der Waals surface area (Å²) >= 11 is 0.